The Hall–Kier alpha value is -2.22. The Labute approximate surface area is 146 Å². The first-order valence-electron chi connectivity index (χ1n) is 8.40. The van der Waals surface area contributed by atoms with Gasteiger partial charge in [-0.05, 0) is 25.0 Å². The lowest BCUT2D eigenvalue weighted by Crippen LogP contribution is -2.42. The van der Waals surface area contributed by atoms with Crippen molar-refractivity contribution in [1.82, 2.24) is 14.9 Å². The Morgan fingerprint density at radius 2 is 2.08 bits per heavy atom. The van der Waals surface area contributed by atoms with Gasteiger partial charge in [0, 0.05) is 31.3 Å². The van der Waals surface area contributed by atoms with Crippen molar-refractivity contribution in [3.8, 4) is 11.5 Å². The second-order valence-corrected chi connectivity index (χ2v) is 8.87. The van der Waals surface area contributed by atoms with Crippen molar-refractivity contribution < 1.29 is 17.6 Å². The number of aromatic nitrogens is 2. The fourth-order valence-corrected chi connectivity index (χ4v) is 4.89. The highest BCUT2D eigenvalue weighted by atomic mass is 32.2. The molecule has 0 aromatic carbocycles. The number of oxazole rings is 1. The normalized spacial score (nSPS) is 20.2. The van der Waals surface area contributed by atoms with Gasteiger partial charge in [-0.1, -0.05) is 0 Å². The lowest BCUT2D eigenvalue weighted by molar-refractivity contribution is -0.136. The predicted octanol–water partition coefficient (Wildman–Crippen LogP) is 1.45. The van der Waals surface area contributed by atoms with Crippen LogP contribution in [0.5, 0.6) is 0 Å². The van der Waals surface area contributed by atoms with Crippen molar-refractivity contribution in [3.63, 3.8) is 0 Å². The number of hydrogen-bond donors (Lipinski definition) is 0. The molecule has 0 unspecified atom stereocenters. The molecule has 0 saturated carbocycles. The molecule has 0 spiro atoms. The van der Waals surface area contributed by atoms with Crippen LogP contribution in [0.15, 0.2) is 28.9 Å². The van der Waals surface area contributed by atoms with Crippen LogP contribution in [-0.2, 0) is 27.6 Å². The first kappa shape index (κ1) is 16.3. The molecule has 0 N–H and O–H groups in total. The van der Waals surface area contributed by atoms with Crippen LogP contribution >= 0.6 is 0 Å². The molecule has 7 nitrogen and oxygen atoms in total. The highest BCUT2D eigenvalue weighted by Gasteiger charge is 2.33. The monoisotopic (exact) mass is 361 g/mol. The maximum atomic E-state index is 12.7. The van der Waals surface area contributed by atoms with E-state index in [1.54, 1.807) is 17.3 Å². The molecule has 0 bridgehead atoms. The summed E-state index contributed by atoms with van der Waals surface area (Å²) >= 11 is 0. The SMILES string of the molecule is O=C(C1CCS(=O)(=O)CC1)N1CCc2oc(-c3cccnc3)nc2C1. The zero-order valence-corrected chi connectivity index (χ0v) is 14.5. The molecule has 2 aliphatic heterocycles. The molecule has 8 heteroatoms. The van der Waals surface area contributed by atoms with E-state index in [0.717, 1.165) is 17.0 Å². The second kappa shape index (κ2) is 6.25. The molecule has 0 radical (unpaired) electrons. The van der Waals surface area contributed by atoms with Gasteiger partial charge in [0.05, 0.1) is 23.6 Å². The van der Waals surface area contributed by atoms with Gasteiger partial charge in [-0.15, -0.1) is 0 Å². The van der Waals surface area contributed by atoms with Crippen LogP contribution in [0, 0.1) is 5.92 Å². The highest BCUT2D eigenvalue weighted by Crippen LogP contribution is 2.28. The van der Waals surface area contributed by atoms with E-state index in [-0.39, 0.29) is 23.3 Å². The van der Waals surface area contributed by atoms with E-state index in [1.807, 2.05) is 12.1 Å². The third-order valence-corrected chi connectivity index (χ3v) is 6.57. The van der Waals surface area contributed by atoms with Crippen LogP contribution in [0.25, 0.3) is 11.5 Å². The van der Waals surface area contributed by atoms with E-state index < -0.39 is 9.84 Å². The summed E-state index contributed by atoms with van der Waals surface area (Å²) in [4.78, 5) is 23.1. The molecule has 4 rings (SSSR count). The average molecular weight is 361 g/mol. The van der Waals surface area contributed by atoms with Crippen LogP contribution in [0.1, 0.15) is 24.3 Å². The van der Waals surface area contributed by atoms with Crippen molar-refractivity contribution >= 4 is 15.7 Å². The van der Waals surface area contributed by atoms with E-state index in [2.05, 4.69) is 9.97 Å². The van der Waals surface area contributed by atoms with Crippen LogP contribution in [-0.4, -0.2) is 47.2 Å². The van der Waals surface area contributed by atoms with E-state index in [1.165, 1.54) is 0 Å². The summed E-state index contributed by atoms with van der Waals surface area (Å²) in [7, 11) is -2.96. The number of rotatable bonds is 2. The second-order valence-electron chi connectivity index (χ2n) is 6.57. The molecule has 1 fully saturated rings. The maximum Gasteiger partial charge on any atom is 0.228 e. The minimum absolute atomic E-state index is 0.0338. The van der Waals surface area contributed by atoms with Crippen LogP contribution in [0.2, 0.25) is 0 Å². The quantitative estimate of drug-likeness (QED) is 0.804. The van der Waals surface area contributed by atoms with Crippen LogP contribution < -0.4 is 0 Å². The fraction of sp³-hybridized carbons (Fsp3) is 0.471. The summed E-state index contributed by atoms with van der Waals surface area (Å²) in [5.41, 5.74) is 1.59. The van der Waals surface area contributed by atoms with Crippen LogP contribution in [0.4, 0.5) is 0 Å². The number of hydrogen-bond acceptors (Lipinski definition) is 6. The van der Waals surface area contributed by atoms with Gasteiger partial charge in [-0.2, -0.15) is 0 Å². The Morgan fingerprint density at radius 1 is 1.28 bits per heavy atom. The molecule has 0 atom stereocenters. The minimum atomic E-state index is -2.96. The molecular formula is C17H19N3O4S. The Bertz CT molecular complexity index is 878. The van der Waals surface area contributed by atoms with Gasteiger partial charge in [0.2, 0.25) is 11.8 Å². The van der Waals surface area contributed by atoms with Crippen molar-refractivity contribution in [1.29, 1.82) is 0 Å². The standard InChI is InChI=1S/C17H19N3O4S/c21-17(12-4-8-25(22,23)9-5-12)20-7-3-15-14(11-20)19-16(24-15)13-2-1-6-18-10-13/h1-2,6,10,12H,3-5,7-9,11H2. The fourth-order valence-electron chi connectivity index (χ4n) is 3.39. The molecule has 1 saturated heterocycles. The molecule has 2 aromatic rings. The van der Waals surface area contributed by atoms with Crippen molar-refractivity contribution in [2.75, 3.05) is 18.1 Å². The molecule has 2 aromatic heterocycles. The average Bonchev–Trinajstić information content (AvgIpc) is 3.05. The summed E-state index contributed by atoms with van der Waals surface area (Å²) in [6, 6.07) is 3.71. The van der Waals surface area contributed by atoms with E-state index in [0.29, 0.717) is 38.2 Å². The molecule has 1 amide bonds. The number of nitrogens with zero attached hydrogens (tertiary/aromatic N) is 3. The van der Waals surface area contributed by atoms with Crippen molar-refractivity contribution in [2.24, 2.45) is 5.92 Å². The van der Waals surface area contributed by atoms with E-state index in [9.17, 15) is 13.2 Å². The predicted molar refractivity (Wildman–Crippen MR) is 90.2 cm³/mol. The first-order valence-corrected chi connectivity index (χ1v) is 10.2. The maximum absolute atomic E-state index is 12.7. The smallest absolute Gasteiger partial charge is 0.228 e. The first-order chi connectivity index (χ1) is 12.0. The van der Waals surface area contributed by atoms with Gasteiger partial charge in [-0.3, -0.25) is 9.78 Å². The van der Waals surface area contributed by atoms with E-state index >= 15 is 0 Å². The topological polar surface area (TPSA) is 93.4 Å². The number of carbonyl (C=O) groups excluding carboxylic acids is 1. The third-order valence-electron chi connectivity index (χ3n) is 4.85. The molecule has 4 heterocycles. The molecule has 0 aliphatic carbocycles. The number of sulfone groups is 1. The highest BCUT2D eigenvalue weighted by molar-refractivity contribution is 7.91. The van der Waals surface area contributed by atoms with Gasteiger partial charge in [0.25, 0.3) is 0 Å². The van der Waals surface area contributed by atoms with Crippen LogP contribution in [0.3, 0.4) is 0 Å². The number of carbonyl (C=O) groups is 1. The summed E-state index contributed by atoms with van der Waals surface area (Å²) in [5, 5.41) is 0. The minimum Gasteiger partial charge on any atom is -0.441 e. The Kier molecular flexibility index (Phi) is 4.07. The van der Waals surface area contributed by atoms with Gasteiger partial charge in [0.15, 0.2) is 0 Å². The van der Waals surface area contributed by atoms with Gasteiger partial charge in [0.1, 0.15) is 21.3 Å². The molecule has 132 valence electrons. The van der Waals surface area contributed by atoms with Gasteiger partial charge >= 0.3 is 0 Å². The third kappa shape index (κ3) is 3.30. The zero-order chi connectivity index (χ0) is 17.4. The number of pyridine rings is 1. The Balaban J connectivity index is 1.48. The Morgan fingerprint density at radius 3 is 2.80 bits per heavy atom. The lowest BCUT2D eigenvalue weighted by atomic mass is 10.00. The van der Waals surface area contributed by atoms with Crippen molar-refractivity contribution in [2.45, 2.75) is 25.8 Å². The zero-order valence-electron chi connectivity index (χ0n) is 13.7. The van der Waals surface area contributed by atoms with E-state index in [4.69, 9.17) is 4.42 Å². The lowest BCUT2D eigenvalue weighted by Gasteiger charge is -2.30. The summed E-state index contributed by atoms with van der Waals surface area (Å²) in [5.74, 6) is 1.39. The number of fused-ring (bicyclic) bond motifs is 1. The largest absolute Gasteiger partial charge is 0.441 e. The van der Waals surface area contributed by atoms with Gasteiger partial charge in [-0.25, -0.2) is 13.4 Å². The van der Waals surface area contributed by atoms with Crippen molar-refractivity contribution in [3.05, 3.63) is 36.0 Å². The summed E-state index contributed by atoms with van der Waals surface area (Å²) in [6.45, 7) is 0.998. The summed E-state index contributed by atoms with van der Waals surface area (Å²) in [6.07, 6.45) is 4.85. The van der Waals surface area contributed by atoms with Gasteiger partial charge < -0.3 is 9.32 Å². The molecular weight excluding hydrogens is 342 g/mol. The summed E-state index contributed by atoms with van der Waals surface area (Å²) < 4.78 is 28.9. The molecule has 25 heavy (non-hydrogen) atoms. The molecule has 2 aliphatic rings. The number of amides is 1.